The van der Waals surface area contributed by atoms with Gasteiger partial charge in [0.05, 0.1) is 12.7 Å². The van der Waals surface area contributed by atoms with E-state index in [1.54, 1.807) is 6.26 Å². The SMILES string of the molecule is O=C(C1CCCCN1C(=O)Cc1coc2cc3c(cc12)CCC3)N1CCCC1. The van der Waals surface area contributed by atoms with Crippen LogP contribution in [0.3, 0.4) is 0 Å². The number of amides is 2. The first-order chi connectivity index (χ1) is 13.7. The number of carbonyl (C=O) groups excluding carboxylic acids is 2. The zero-order chi connectivity index (χ0) is 19.1. The summed E-state index contributed by atoms with van der Waals surface area (Å²) in [5, 5.41) is 1.06. The number of hydrogen-bond acceptors (Lipinski definition) is 3. The second-order valence-electron chi connectivity index (χ2n) is 8.54. The normalized spacial score (nSPS) is 22.1. The van der Waals surface area contributed by atoms with Gasteiger partial charge in [0.2, 0.25) is 11.8 Å². The van der Waals surface area contributed by atoms with Gasteiger partial charge >= 0.3 is 0 Å². The molecule has 3 heterocycles. The first kappa shape index (κ1) is 17.8. The maximum atomic E-state index is 13.2. The minimum Gasteiger partial charge on any atom is -0.464 e. The number of piperidine rings is 1. The van der Waals surface area contributed by atoms with Crippen molar-refractivity contribution in [3.63, 3.8) is 0 Å². The number of benzene rings is 1. The van der Waals surface area contributed by atoms with Crippen LogP contribution in [-0.2, 0) is 28.9 Å². The van der Waals surface area contributed by atoms with Gasteiger partial charge in [0.15, 0.2) is 0 Å². The molecule has 1 aliphatic carbocycles. The highest BCUT2D eigenvalue weighted by molar-refractivity contribution is 5.92. The Bertz CT molecular complexity index is 910. The van der Waals surface area contributed by atoms with E-state index in [1.807, 2.05) is 9.80 Å². The number of carbonyl (C=O) groups is 2. The van der Waals surface area contributed by atoms with Gasteiger partial charge in [0.25, 0.3) is 0 Å². The Balaban J connectivity index is 1.36. The van der Waals surface area contributed by atoms with Crippen LogP contribution >= 0.6 is 0 Å². The first-order valence-electron chi connectivity index (χ1n) is 10.8. The first-order valence-corrected chi connectivity index (χ1v) is 10.8. The fourth-order valence-electron chi connectivity index (χ4n) is 5.18. The highest BCUT2D eigenvalue weighted by atomic mass is 16.3. The summed E-state index contributed by atoms with van der Waals surface area (Å²) in [7, 11) is 0. The van der Waals surface area contributed by atoms with E-state index in [0.717, 1.165) is 74.6 Å². The molecule has 1 atom stereocenters. The number of rotatable bonds is 3. The summed E-state index contributed by atoms with van der Waals surface area (Å²) in [5.41, 5.74) is 4.61. The molecule has 148 valence electrons. The summed E-state index contributed by atoms with van der Waals surface area (Å²) in [4.78, 5) is 30.0. The van der Waals surface area contributed by atoms with Crippen molar-refractivity contribution in [3.8, 4) is 0 Å². The maximum Gasteiger partial charge on any atom is 0.245 e. The molecule has 2 aliphatic heterocycles. The van der Waals surface area contributed by atoms with Gasteiger partial charge in [-0.15, -0.1) is 0 Å². The second-order valence-corrected chi connectivity index (χ2v) is 8.54. The topological polar surface area (TPSA) is 53.8 Å². The monoisotopic (exact) mass is 380 g/mol. The van der Waals surface area contributed by atoms with Gasteiger partial charge in [-0.3, -0.25) is 9.59 Å². The van der Waals surface area contributed by atoms with Gasteiger partial charge in [-0.1, -0.05) is 0 Å². The van der Waals surface area contributed by atoms with Crippen molar-refractivity contribution in [2.24, 2.45) is 0 Å². The lowest BCUT2D eigenvalue weighted by Crippen LogP contribution is -2.52. The Hall–Kier alpha value is -2.30. The number of fused-ring (bicyclic) bond motifs is 2. The molecular weight excluding hydrogens is 352 g/mol. The molecule has 0 spiro atoms. The molecule has 0 N–H and O–H groups in total. The summed E-state index contributed by atoms with van der Waals surface area (Å²) in [6.45, 7) is 2.37. The van der Waals surface area contributed by atoms with Gasteiger partial charge in [-0.05, 0) is 74.6 Å². The molecule has 1 aromatic carbocycles. The molecule has 1 aromatic heterocycles. The summed E-state index contributed by atoms with van der Waals surface area (Å²) < 4.78 is 5.77. The van der Waals surface area contributed by atoms with E-state index in [4.69, 9.17) is 4.42 Å². The molecule has 5 rings (SSSR count). The van der Waals surface area contributed by atoms with Crippen LogP contribution in [-0.4, -0.2) is 47.3 Å². The summed E-state index contributed by atoms with van der Waals surface area (Å²) >= 11 is 0. The quantitative estimate of drug-likeness (QED) is 0.819. The van der Waals surface area contributed by atoms with Gasteiger partial charge in [0, 0.05) is 30.6 Å². The predicted octanol–water partition coefficient (Wildman–Crippen LogP) is 3.47. The maximum absolute atomic E-state index is 13.2. The molecule has 2 fully saturated rings. The van der Waals surface area contributed by atoms with Crippen LogP contribution in [0, 0.1) is 0 Å². The van der Waals surface area contributed by atoms with Crippen LogP contribution in [0.4, 0.5) is 0 Å². The number of nitrogens with zero attached hydrogens (tertiary/aromatic N) is 2. The predicted molar refractivity (Wildman–Crippen MR) is 107 cm³/mol. The minimum atomic E-state index is -0.276. The Labute approximate surface area is 165 Å². The van der Waals surface area contributed by atoms with E-state index in [2.05, 4.69) is 12.1 Å². The van der Waals surface area contributed by atoms with Crippen molar-refractivity contribution in [2.75, 3.05) is 19.6 Å². The number of hydrogen-bond donors (Lipinski definition) is 0. The zero-order valence-electron chi connectivity index (χ0n) is 16.4. The lowest BCUT2D eigenvalue weighted by Gasteiger charge is -2.36. The lowest BCUT2D eigenvalue weighted by molar-refractivity contribution is -0.146. The fraction of sp³-hybridized carbons (Fsp3) is 0.565. The molecule has 5 heteroatoms. The molecular formula is C23H28N2O3. The molecule has 0 saturated carbocycles. The molecule has 2 saturated heterocycles. The molecule has 3 aliphatic rings. The molecule has 28 heavy (non-hydrogen) atoms. The van der Waals surface area contributed by atoms with Gasteiger partial charge in [0.1, 0.15) is 11.6 Å². The van der Waals surface area contributed by atoms with Crippen LogP contribution in [0.25, 0.3) is 11.0 Å². The van der Waals surface area contributed by atoms with E-state index in [0.29, 0.717) is 13.0 Å². The minimum absolute atomic E-state index is 0.0560. The van der Waals surface area contributed by atoms with E-state index in [9.17, 15) is 9.59 Å². The molecule has 2 amide bonds. The van der Waals surface area contributed by atoms with E-state index in [1.165, 1.54) is 17.5 Å². The highest BCUT2D eigenvalue weighted by Crippen LogP contribution is 2.31. The van der Waals surface area contributed by atoms with Crippen molar-refractivity contribution in [3.05, 3.63) is 35.1 Å². The Morgan fingerprint density at radius 2 is 1.71 bits per heavy atom. The van der Waals surface area contributed by atoms with Crippen LogP contribution < -0.4 is 0 Å². The molecule has 2 aromatic rings. The second kappa shape index (κ2) is 7.26. The average molecular weight is 380 g/mol. The highest BCUT2D eigenvalue weighted by Gasteiger charge is 2.35. The van der Waals surface area contributed by atoms with Gasteiger partial charge in [-0.2, -0.15) is 0 Å². The van der Waals surface area contributed by atoms with Crippen LogP contribution in [0.1, 0.15) is 55.2 Å². The summed E-state index contributed by atoms with van der Waals surface area (Å²) in [6, 6.07) is 4.08. The van der Waals surface area contributed by atoms with Crippen molar-refractivity contribution in [2.45, 2.75) is 63.8 Å². The molecule has 1 unspecified atom stereocenters. The van der Waals surface area contributed by atoms with Crippen LogP contribution in [0.2, 0.25) is 0 Å². The van der Waals surface area contributed by atoms with Crippen molar-refractivity contribution in [1.82, 2.24) is 9.80 Å². The number of furan rings is 1. The Morgan fingerprint density at radius 3 is 2.54 bits per heavy atom. The van der Waals surface area contributed by atoms with Crippen LogP contribution in [0.15, 0.2) is 22.8 Å². The number of likely N-dealkylation sites (tertiary alicyclic amines) is 2. The van der Waals surface area contributed by atoms with Crippen molar-refractivity contribution >= 4 is 22.8 Å². The van der Waals surface area contributed by atoms with Gasteiger partial charge < -0.3 is 14.2 Å². The Morgan fingerprint density at radius 1 is 0.964 bits per heavy atom. The third kappa shape index (κ3) is 3.11. The fourth-order valence-corrected chi connectivity index (χ4v) is 5.18. The summed E-state index contributed by atoms with van der Waals surface area (Å²) in [6.07, 6.45) is 10.4. The standard InChI is InChI=1S/C23H28N2O3/c26-22(25-11-2-1-8-20(25)23(27)24-9-3-4-10-24)14-18-15-28-21-13-17-7-5-6-16(17)12-19(18)21/h12-13,15,20H,1-11,14H2. The van der Waals surface area contributed by atoms with Crippen molar-refractivity contribution < 1.29 is 14.0 Å². The molecule has 0 bridgehead atoms. The van der Waals surface area contributed by atoms with E-state index < -0.39 is 0 Å². The Kier molecular flexibility index (Phi) is 4.61. The van der Waals surface area contributed by atoms with E-state index in [-0.39, 0.29) is 17.9 Å². The average Bonchev–Trinajstić information content (AvgIpc) is 3.47. The smallest absolute Gasteiger partial charge is 0.245 e. The van der Waals surface area contributed by atoms with Gasteiger partial charge in [-0.25, -0.2) is 0 Å². The molecule has 0 radical (unpaired) electrons. The third-order valence-corrected chi connectivity index (χ3v) is 6.74. The lowest BCUT2D eigenvalue weighted by atomic mass is 9.99. The van der Waals surface area contributed by atoms with Crippen molar-refractivity contribution in [1.29, 1.82) is 0 Å². The summed E-state index contributed by atoms with van der Waals surface area (Å²) in [5.74, 6) is 0.209. The molecule has 5 nitrogen and oxygen atoms in total. The zero-order valence-corrected chi connectivity index (χ0v) is 16.4. The number of aryl methyl sites for hydroxylation is 2. The third-order valence-electron chi connectivity index (χ3n) is 6.74. The van der Waals surface area contributed by atoms with E-state index >= 15 is 0 Å². The van der Waals surface area contributed by atoms with Crippen LogP contribution in [0.5, 0.6) is 0 Å². The largest absolute Gasteiger partial charge is 0.464 e.